The summed E-state index contributed by atoms with van der Waals surface area (Å²) in [4.78, 5) is 22.2. The summed E-state index contributed by atoms with van der Waals surface area (Å²) in [7, 11) is 3.29. The lowest BCUT2D eigenvalue weighted by Crippen LogP contribution is -2.35. The van der Waals surface area contributed by atoms with E-state index in [9.17, 15) is 4.79 Å². The minimum absolute atomic E-state index is 0.00393. The Labute approximate surface area is 147 Å². The van der Waals surface area contributed by atoms with Crippen LogP contribution >= 0.6 is 0 Å². The number of ether oxygens (including phenoxy) is 2. The summed E-state index contributed by atoms with van der Waals surface area (Å²) in [5, 5.41) is 0. The molecule has 3 rings (SSSR count). The molecule has 25 heavy (non-hydrogen) atoms. The van der Waals surface area contributed by atoms with Gasteiger partial charge in [0.25, 0.3) is 5.56 Å². The monoisotopic (exact) mass is 343 g/mol. The van der Waals surface area contributed by atoms with Crippen molar-refractivity contribution in [1.29, 1.82) is 0 Å². The average Bonchev–Trinajstić information content (AvgIpc) is 2.62. The molecular formula is C19H25N3O3. The number of benzene rings is 1. The predicted molar refractivity (Wildman–Crippen MR) is 96.2 cm³/mol. The zero-order valence-corrected chi connectivity index (χ0v) is 15.1. The molecule has 134 valence electrons. The van der Waals surface area contributed by atoms with Gasteiger partial charge in [0.05, 0.1) is 25.5 Å². The molecule has 1 N–H and O–H groups in total. The second-order valence-corrected chi connectivity index (χ2v) is 6.30. The average molecular weight is 343 g/mol. The maximum Gasteiger partial charge on any atom is 0.255 e. The standard InChI is InChI=1S/C19H25N3O3/c1-4-6-17-20-15-9-10-22(12-14(15)19(23)21-17)11-13-7-5-8-16(24-2)18(13)25-3/h5,7-8H,4,6,9-12H2,1-3H3,(H,20,21,23). The van der Waals surface area contributed by atoms with Crippen LogP contribution in [0.2, 0.25) is 0 Å². The third-order valence-electron chi connectivity index (χ3n) is 4.56. The number of H-pyrrole nitrogens is 1. The van der Waals surface area contributed by atoms with Gasteiger partial charge in [-0.1, -0.05) is 19.1 Å². The van der Waals surface area contributed by atoms with E-state index in [4.69, 9.17) is 9.47 Å². The lowest BCUT2D eigenvalue weighted by atomic mass is 10.1. The molecule has 0 atom stereocenters. The first-order valence-electron chi connectivity index (χ1n) is 8.69. The molecule has 0 saturated heterocycles. The lowest BCUT2D eigenvalue weighted by Gasteiger charge is -2.28. The van der Waals surface area contributed by atoms with E-state index in [1.165, 1.54) is 0 Å². The fourth-order valence-electron chi connectivity index (χ4n) is 3.34. The molecule has 0 radical (unpaired) electrons. The molecule has 0 amide bonds. The van der Waals surface area contributed by atoms with Gasteiger partial charge < -0.3 is 14.5 Å². The quantitative estimate of drug-likeness (QED) is 0.872. The lowest BCUT2D eigenvalue weighted by molar-refractivity contribution is 0.236. The summed E-state index contributed by atoms with van der Waals surface area (Å²) >= 11 is 0. The fourth-order valence-corrected chi connectivity index (χ4v) is 3.34. The fraction of sp³-hybridized carbons (Fsp3) is 0.474. The molecule has 2 aromatic rings. The first-order valence-corrected chi connectivity index (χ1v) is 8.69. The van der Waals surface area contributed by atoms with Crippen LogP contribution in [0.3, 0.4) is 0 Å². The van der Waals surface area contributed by atoms with E-state index in [1.807, 2.05) is 18.2 Å². The number of rotatable bonds is 6. The van der Waals surface area contributed by atoms with Gasteiger partial charge in [0.15, 0.2) is 11.5 Å². The van der Waals surface area contributed by atoms with Crippen LogP contribution in [0, 0.1) is 0 Å². The van der Waals surface area contributed by atoms with Crippen LogP contribution in [0.25, 0.3) is 0 Å². The van der Waals surface area contributed by atoms with Crippen molar-refractivity contribution in [1.82, 2.24) is 14.9 Å². The van der Waals surface area contributed by atoms with Crippen LogP contribution < -0.4 is 15.0 Å². The smallest absolute Gasteiger partial charge is 0.255 e. The van der Waals surface area contributed by atoms with Crippen molar-refractivity contribution in [3.05, 3.63) is 51.2 Å². The van der Waals surface area contributed by atoms with Crippen LogP contribution in [-0.4, -0.2) is 35.6 Å². The Morgan fingerprint density at radius 2 is 2.12 bits per heavy atom. The molecule has 0 spiro atoms. The second kappa shape index (κ2) is 7.70. The van der Waals surface area contributed by atoms with Crippen molar-refractivity contribution in [2.24, 2.45) is 0 Å². The van der Waals surface area contributed by atoms with Crippen LogP contribution in [0.5, 0.6) is 11.5 Å². The molecule has 1 aliphatic heterocycles. The van der Waals surface area contributed by atoms with Gasteiger partial charge in [-0.3, -0.25) is 9.69 Å². The Kier molecular flexibility index (Phi) is 5.38. The number of methoxy groups -OCH3 is 2. The molecule has 0 bridgehead atoms. The van der Waals surface area contributed by atoms with Crippen molar-refractivity contribution in [2.75, 3.05) is 20.8 Å². The summed E-state index contributed by atoms with van der Waals surface area (Å²) in [5.41, 5.74) is 2.78. The Morgan fingerprint density at radius 1 is 1.28 bits per heavy atom. The number of aryl methyl sites for hydroxylation is 1. The highest BCUT2D eigenvalue weighted by molar-refractivity contribution is 5.46. The number of para-hydroxylation sites is 1. The SMILES string of the molecule is CCCc1nc2c(c(=O)[nH]1)CN(Cc1cccc(OC)c1OC)CC2. The van der Waals surface area contributed by atoms with E-state index in [1.54, 1.807) is 14.2 Å². The Bertz CT molecular complexity index is 801. The maximum absolute atomic E-state index is 12.4. The number of nitrogens with one attached hydrogen (secondary N) is 1. The van der Waals surface area contributed by atoms with Crippen molar-refractivity contribution in [2.45, 2.75) is 39.3 Å². The van der Waals surface area contributed by atoms with Gasteiger partial charge in [-0.25, -0.2) is 4.98 Å². The predicted octanol–water partition coefficient (Wildman–Crippen LogP) is 2.30. The Hall–Kier alpha value is -2.34. The third kappa shape index (κ3) is 3.69. The van der Waals surface area contributed by atoms with Crippen LogP contribution in [0.4, 0.5) is 0 Å². The minimum atomic E-state index is -0.00393. The molecule has 1 aliphatic rings. The summed E-state index contributed by atoms with van der Waals surface area (Å²) in [6, 6.07) is 5.88. The van der Waals surface area contributed by atoms with E-state index in [2.05, 4.69) is 21.8 Å². The molecular weight excluding hydrogens is 318 g/mol. The van der Waals surface area contributed by atoms with E-state index in [0.29, 0.717) is 13.1 Å². The van der Waals surface area contributed by atoms with Crippen molar-refractivity contribution >= 4 is 0 Å². The number of hydrogen-bond acceptors (Lipinski definition) is 5. The normalized spacial score (nSPS) is 14.2. The molecule has 1 aromatic carbocycles. The molecule has 6 heteroatoms. The molecule has 0 fully saturated rings. The van der Waals surface area contributed by atoms with Crippen molar-refractivity contribution < 1.29 is 9.47 Å². The molecule has 0 saturated carbocycles. The van der Waals surface area contributed by atoms with Crippen LogP contribution in [0.15, 0.2) is 23.0 Å². The second-order valence-electron chi connectivity index (χ2n) is 6.30. The number of aromatic amines is 1. The Morgan fingerprint density at radius 3 is 2.84 bits per heavy atom. The Balaban J connectivity index is 1.81. The van der Waals surface area contributed by atoms with Crippen molar-refractivity contribution in [3.63, 3.8) is 0 Å². The van der Waals surface area contributed by atoms with E-state index < -0.39 is 0 Å². The van der Waals surface area contributed by atoms with E-state index in [-0.39, 0.29) is 5.56 Å². The number of nitrogens with zero attached hydrogens (tertiary/aromatic N) is 2. The zero-order chi connectivity index (χ0) is 17.8. The van der Waals surface area contributed by atoms with Gasteiger partial charge in [-0.2, -0.15) is 0 Å². The highest BCUT2D eigenvalue weighted by atomic mass is 16.5. The largest absolute Gasteiger partial charge is 0.493 e. The number of fused-ring (bicyclic) bond motifs is 1. The minimum Gasteiger partial charge on any atom is -0.493 e. The topological polar surface area (TPSA) is 67.5 Å². The molecule has 6 nitrogen and oxygen atoms in total. The summed E-state index contributed by atoms with van der Waals surface area (Å²) in [5.74, 6) is 2.27. The van der Waals surface area contributed by atoms with Gasteiger partial charge in [-0.05, 0) is 12.5 Å². The first-order chi connectivity index (χ1) is 12.2. The van der Waals surface area contributed by atoms with Crippen LogP contribution in [-0.2, 0) is 25.9 Å². The van der Waals surface area contributed by atoms with Gasteiger partial charge in [0, 0.05) is 38.0 Å². The zero-order valence-electron chi connectivity index (χ0n) is 15.1. The molecule has 1 aromatic heterocycles. The molecule has 0 unspecified atom stereocenters. The van der Waals surface area contributed by atoms with Crippen molar-refractivity contribution in [3.8, 4) is 11.5 Å². The molecule has 0 aliphatic carbocycles. The van der Waals surface area contributed by atoms with Gasteiger partial charge in [0.2, 0.25) is 0 Å². The highest BCUT2D eigenvalue weighted by Gasteiger charge is 2.22. The van der Waals surface area contributed by atoms with Crippen LogP contribution in [0.1, 0.15) is 36.0 Å². The third-order valence-corrected chi connectivity index (χ3v) is 4.56. The van der Waals surface area contributed by atoms with Gasteiger partial charge in [0.1, 0.15) is 5.82 Å². The summed E-state index contributed by atoms with van der Waals surface area (Å²) < 4.78 is 10.9. The van der Waals surface area contributed by atoms with Gasteiger partial charge in [-0.15, -0.1) is 0 Å². The highest BCUT2D eigenvalue weighted by Crippen LogP contribution is 2.32. The summed E-state index contributed by atoms with van der Waals surface area (Å²) in [6.45, 7) is 4.26. The first kappa shape index (κ1) is 17.5. The van der Waals surface area contributed by atoms with Gasteiger partial charge >= 0.3 is 0 Å². The molecule has 2 heterocycles. The van der Waals surface area contributed by atoms with E-state index >= 15 is 0 Å². The number of aromatic nitrogens is 2. The maximum atomic E-state index is 12.4. The number of hydrogen-bond donors (Lipinski definition) is 1. The summed E-state index contributed by atoms with van der Waals surface area (Å²) in [6.07, 6.45) is 2.58. The van der Waals surface area contributed by atoms with E-state index in [0.717, 1.165) is 60.0 Å².